The first-order chi connectivity index (χ1) is 9.69. The van der Waals surface area contributed by atoms with E-state index in [1.54, 1.807) is 0 Å². The lowest BCUT2D eigenvalue weighted by Crippen LogP contribution is -2.34. The molecule has 0 amide bonds. The topological polar surface area (TPSA) is 17.8 Å². The first kappa shape index (κ1) is 14.2. The highest BCUT2D eigenvalue weighted by molar-refractivity contribution is 6.34. The van der Waals surface area contributed by atoms with Crippen LogP contribution in [0.1, 0.15) is 38.4 Å². The van der Waals surface area contributed by atoms with Crippen molar-refractivity contribution in [2.75, 3.05) is 5.88 Å². The molecule has 4 heteroatoms. The number of rotatable bonds is 5. The molecule has 1 aromatic carbocycles. The maximum absolute atomic E-state index is 6.29. The van der Waals surface area contributed by atoms with Crippen LogP contribution in [0.15, 0.2) is 18.2 Å². The second-order valence-corrected chi connectivity index (χ2v) is 6.65. The summed E-state index contributed by atoms with van der Waals surface area (Å²) in [5, 5.41) is 0.733. The van der Waals surface area contributed by atoms with E-state index < -0.39 is 0 Å². The van der Waals surface area contributed by atoms with Gasteiger partial charge in [0.2, 0.25) is 0 Å². The Morgan fingerprint density at radius 2 is 2.15 bits per heavy atom. The van der Waals surface area contributed by atoms with Crippen LogP contribution in [-0.2, 0) is 13.0 Å². The van der Waals surface area contributed by atoms with E-state index in [2.05, 4.69) is 17.6 Å². The summed E-state index contributed by atoms with van der Waals surface area (Å²) in [7, 11) is 0. The number of hydrogen-bond donors (Lipinski definition) is 0. The monoisotopic (exact) mass is 310 g/mol. The van der Waals surface area contributed by atoms with Crippen LogP contribution in [0.4, 0.5) is 0 Å². The van der Waals surface area contributed by atoms with Crippen molar-refractivity contribution < 1.29 is 0 Å². The van der Waals surface area contributed by atoms with Gasteiger partial charge in [0.15, 0.2) is 0 Å². The largest absolute Gasteiger partial charge is 0.327 e. The number of hydrogen-bond acceptors (Lipinski definition) is 1. The molecular formula is C16H20Cl2N2. The van der Waals surface area contributed by atoms with Crippen molar-refractivity contribution in [2.24, 2.45) is 5.41 Å². The first-order valence-electron chi connectivity index (χ1n) is 7.39. The lowest BCUT2D eigenvalue weighted by Gasteiger charge is -2.42. The number of imidazole rings is 1. The summed E-state index contributed by atoms with van der Waals surface area (Å²) in [6.07, 6.45) is 6.03. The van der Waals surface area contributed by atoms with Gasteiger partial charge in [-0.2, -0.15) is 0 Å². The number of fused-ring (bicyclic) bond motifs is 1. The van der Waals surface area contributed by atoms with Gasteiger partial charge in [0.25, 0.3) is 0 Å². The Bertz CT molecular complexity index is 609. The average Bonchev–Trinajstić information content (AvgIpc) is 2.74. The van der Waals surface area contributed by atoms with E-state index in [1.807, 2.05) is 12.1 Å². The molecule has 1 aromatic heterocycles. The summed E-state index contributed by atoms with van der Waals surface area (Å²) >= 11 is 12.2. The number of aromatic nitrogens is 2. The molecule has 3 rings (SSSR count). The Morgan fingerprint density at radius 1 is 1.35 bits per heavy atom. The zero-order valence-corrected chi connectivity index (χ0v) is 13.3. The highest BCUT2D eigenvalue weighted by Gasteiger charge is 2.36. The van der Waals surface area contributed by atoms with E-state index >= 15 is 0 Å². The summed E-state index contributed by atoms with van der Waals surface area (Å²) in [4.78, 5) is 4.73. The Labute approximate surface area is 130 Å². The standard InChI is InChI=1S/C16H20Cl2N2/c1-2-16(8-4-9-16)11-20-13-6-3-5-12(18)15(13)19-14(20)7-10-17/h3,5-6H,2,4,7-11H2,1H3. The maximum atomic E-state index is 6.29. The van der Waals surface area contributed by atoms with Crippen molar-refractivity contribution in [1.82, 2.24) is 9.55 Å². The Kier molecular flexibility index (Phi) is 3.96. The molecule has 1 saturated carbocycles. The van der Waals surface area contributed by atoms with Crippen molar-refractivity contribution >= 4 is 34.2 Å². The van der Waals surface area contributed by atoms with Gasteiger partial charge < -0.3 is 4.57 Å². The minimum absolute atomic E-state index is 0.455. The third-order valence-corrected chi connectivity index (χ3v) is 5.28. The molecule has 0 atom stereocenters. The molecule has 2 aromatic rings. The number of halogens is 2. The molecule has 0 unspecified atom stereocenters. The number of aryl methyl sites for hydroxylation is 1. The van der Waals surface area contributed by atoms with Crippen LogP contribution in [0, 0.1) is 5.41 Å². The predicted octanol–water partition coefficient (Wildman–Crippen LogP) is 5.05. The maximum Gasteiger partial charge on any atom is 0.111 e. The van der Waals surface area contributed by atoms with Crippen LogP contribution in [0.25, 0.3) is 11.0 Å². The van der Waals surface area contributed by atoms with Gasteiger partial charge in [-0.05, 0) is 36.8 Å². The van der Waals surface area contributed by atoms with Crippen LogP contribution >= 0.6 is 23.2 Å². The molecule has 2 nitrogen and oxygen atoms in total. The van der Waals surface area contributed by atoms with E-state index in [9.17, 15) is 0 Å². The van der Waals surface area contributed by atoms with E-state index in [0.717, 1.165) is 34.8 Å². The second-order valence-electron chi connectivity index (χ2n) is 5.87. The summed E-state index contributed by atoms with van der Waals surface area (Å²) in [6.45, 7) is 3.35. The molecule has 108 valence electrons. The second kappa shape index (κ2) is 5.57. The van der Waals surface area contributed by atoms with Crippen molar-refractivity contribution in [3.05, 3.63) is 29.0 Å². The van der Waals surface area contributed by atoms with Gasteiger partial charge in [-0.15, -0.1) is 11.6 Å². The summed E-state index contributed by atoms with van der Waals surface area (Å²) in [5.74, 6) is 1.67. The van der Waals surface area contributed by atoms with Gasteiger partial charge in [-0.1, -0.05) is 31.0 Å². The van der Waals surface area contributed by atoms with E-state index in [-0.39, 0.29) is 0 Å². The van der Waals surface area contributed by atoms with Gasteiger partial charge in [0.1, 0.15) is 11.3 Å². The summed E-state index contributed by atoms with van der Waals surface area (Å²) in [5.41, 5.74) is 2.52. The SMILES string of the molecule is CCC1(Cn2c(CCCl)nc3c(Cl)cccc32)CCC1. The quantitative estimate of drug-likeness (QED) is 0.706. The number of benzene rings is 1. The first-order valence-corrected chi connectivity index (χ1v) is 8.30. The van der Waals surface area contributed by atoms with Crippen LogP contribution in [-0.4, -0.2) is 15.4 Å². The minimum Gasteiger partial charge on any atom is -0.327 e. The van der Waals surface area contributed by atoms with E-state index in [0.29, 0.717) is 11.3 Å². The fraction of sp³-hybridized carbons (Fsp3) is 0.562. The number of para-hydroxylation sites is 1. The fourth-order valence-corrected chi connectivity index (χ4v) is 3.63. The van der Waals surface area contributed by atoms with Crippen LogP contribution < -0.4 is 0 Å². The highest BCUT2D eigenvalue weighted by Crippen LogP contribution is 2.46. The molecule has 20 heavy (non-hydrogen) atoms. The van der Waals surface area contributed by atoms with E-state index in [1.165, 1.54) is 25.7 Å². The van der Waals surface area contributed by atoms with Gasteiger partial charge in [0, 0.05) is 18.8 Å². The number of nitrogens with zero attached hydrogens (tertiary/aromatic N) is 2. The van der Waals surface area contributed by atoms with Gasteiger partial charge in [-0.3, -0.25) is 0 Å². The predicted molar refractivity (Wildman–Crippen MR) is 85.7 cm³/mol. The summed E-state index contributed by atoms with van der Waals surface area (Å²) in [6, 6.07) is 6.03. The van der Waals surface area contributed by atoms with Gasteiger partial charge in [0.05, 0.1) is 10.5 Å². The average molecular weight is 311 g/mol. The van der Waals surface area contributed by atoms with Crippen LogP contribution in [0.3, 0.4) is 0 Å². The van der Waals surface area contributed by atoms with Crippen LogP contribution in [0.5, 0.6) is 0 Å². The normalized spacial score (nSPS) is 17.4. The molecule has 1 aliphatic carbocycles. The zero-order chi connectivity index (χ0) is 14.2. The lowest BCUT2D eigenvalue weighted by atomic mass is 9.67. The molecule has 0 spiro atoms. The fourth-order valence-electron chi connectivity index (χ4n) is 3.25. The Balaban J connectivity index is 2.07. The smallest absolute Gasteiger partial charge is 0.111 e. The molecule has 0 bridgehead atoms. The molecule has 0 radical (unpaired) electrons. The number of alkyl halides is 1. The Hall–Kier alpha value is -0.730. The van der Waals surface area contributed by atoms with Gasteiger partial charge in [-0.25, -0.2) is 4.98 Å². The van der Waals surface area contributed by atoms with Crippen molar-refractivity contribution in [3.8, 4) is 0 Å². The third-order valence-electron chi connectivity index (χ3n) is 4.78. The van der Waals surface area contributed by atoms with Crippen molar-refractivity contribution in [2.45, 2.75) is 45.6 Å². The summed E-state index contributed by atoms with van der Waals surface area (Å²) < 4.78 is 2.35. The minimum atomic E-state index is 0.455. The zero-order valence-electron chi connectivity index (χ0n) is 11.8. The molecule has 0 saturated heterocycles. The van der Waals surface area contributed by atoms with Crippen LogP contribution in [0.2, 0.25) is 5.02 Å². The lowest BCUT2D eigenvalue weighted by molar-refractivity contribution is 0.101. The van der Waals surface area contributed by atoms with Crippen molar-refractivity contribution in [1.29, 1.82) is 0 Å². The van der Waals surface area contributed by atoms with Gasteiger partial charge >= 0.3 is 0 Å². The molecule has 0 aliphatic heterocycles. The third kappa shape index (κ3) is 2.33. The molecule has 1 heterocycles. The molecular weight excluding hydrogens is 291 g/mol. The highest BCUT2D eigenvalue weighted by atomic mass is 35.5. The molecule has 1 fully saturated rings. The van der Waals surface area contributed by atoms with Crippen molar-refractivity contribution in [3.63, 3.8) is 0 Å². The van der Waals surface area contributed by atoms with E-state index in [4.69, 9.17) is 28.2 Å². The molecule has 0 N–H and O–H groups in total. The molecule has 1 aliphatic rings. The Morgan fingerprint density at radius 3 is 2.75 bits per heavy atom.